The molecule has 1 amide bonds. The number of aliphatic hydroxyl groups excluding tert-OH is 1. The summed E-state index contributed by atoms with van der Waals surface area (Å²) in [5.74, 6) is -0.837. The summed E-state index contributed by atoms with van der Waals surface area (Å²) in [6.45, 7) is 2.69. The zero-order valence-electron chi connectivity index (χ0n) is 23.0. The molecule has 1 fully saturated rings. The second-order valence-corrected chi connectivity index (χ2v) is 9.20. The Morgan fingerprint density at radius 1 is 0.900 bits per heavy atom. The number of unbranched alkanes of at least 4 members (excludes halogenated alkanes) is 2. The summed E-state index contributed by atoms with van der Waals surface area (Å²) in [7, 11) is 4.37. The van der Waals surface area contributed by atoms with Crippen LogP contribution in [-0.4, -0.2) is 49.8 Å². The molecule has 1 aliphatic rings. The van der Waals surface area contributed by atoms with Gasteiger partial charge in [0.05, 0.1) is 45.2 Å². The number of carbonyl (C=O) groups is 2. The Kier molecular flexibility index (Phi) is 8.83. The second kappa shape index (κ2) is 12.5. The number of nitrogens with zero attached hydrogens (tertiary/aromatic N) is 1. The van der Waals surface area contributed by atoms with Crippen LogP contribution in [0, 0.1) is 0 Å². The van der Waals surface area contributed by atoms with E-state index >= 15 is 0 Å². The molecule has 0 radical (unpaired) electrons. The number of ketones is 1. The van der Waals surface area contributed by atoms with Crippen molar-refractivity contribution in [3.63, 3.8) is 0 Å². The molecule has 210 valence electrons. The molecule has 2 N–H and O–H groups in total. The number of para-hydroxylation sites is 2. The second-order valence-electron chi connectivity index (χ2n) is 9.20. The van der Waals surface area contributed by atoms with Gasteiger partial charge in [0.25, 0.3) is 11.7 Å². The number of phenols is 1. The average Bonchev–Trinajstić information content (AvgIpc) is 3.24. The number of phenolic OH excluding ortho intramolecular Hbond substituents is 1. The summed E-state index contributed by atoms with van der Waals surface area (Å²) >= 11 is 0. The molecule has 1 heterocycles. The number of benzene rings is 3. The average molecular weight is 548 g/mol. The van der Waals surface area contributed by atoms with E-state index in [2.05, 4.69) is 6.92 Å². The lowest BCUT2D eigenvalue weighted by Gasteiger charge is -2.27. The van der Waals surface area contributed by atoms with Crippen molar-refractivity contribution in [3.8, 4) is 28.7 Å². The minimum absolute atomic E-state index is 0.109. The molecule has 0 bridgehead atoms. The molecule has 4 rings (SSSR count). The topological polar surface area (TPSA) is 115 Å². The molecule has 1 saturated heterocycles. The number of hydrogen-bond acceptors (Lipinski definition) is 8. The Hall–Kier alpha value is -4.66. The summed E-state index contributed by atoms with van der Waals surface area (Å²) < 4.78 is 22.2. The summed E-state index contributed by atoms with van der Waals surface area (Å²) in [5.41, 5.74) is 0.681. The van der Waals surface area contributed by atoms with Gasteiger partial charge in [0.1, 0.15) is 17.3 Å². The predicted octanol–water partition coefficient (Wildman–Crippen LogP) is 5.61. The maximum absolute atomic E-state index is 13.5. The molecule has 0 saturated carbocycles. The van der Waals surface area contributed by atoms with Crippen molar-refractivity contribution >= 4 is 23.1 Å². The molecule has 9 heteroatoms. The van der Waals surface area contributed by atoms with Gasteiger partial charge in [-0.05, 0) is 60.5 Å². The third-order valence-electron chi connectivity index (χ3n) is 6.73. The van der Waals surface area contributed by atoms with Crippen LogP contribution >= 0.6 is 0 Å². The van der Waals surface area contributed by atoms with E-state index in [9.17, 15) is 19.8 Å². The normalized spacial score (nSPS) is 16.2. The van der Waals surface area contributed by atoms with Crippen molar-refractivity contribution in [3.05, 3.63) is 77.4 Å². The number of ether oxygens (including phenoxy) is 4. The van der Waals surface area contributed by atoms with Gasteiger partial charge in [0.2, 0.25) is 5.75 Å². The van der Waals surface area contributed by atoms with Gasteiger partial charge in [-0.1, -0.05) is 31.9 Å². The molecule has 3 aromatic rings. The molecule has 3 aromatic carbocycles. The van der Waals surface area contributed by atoms with Crippen molar-refractivity contribution in [2.24, 2.45) is 0 Å². The van der Waals surface area contributed by atoms with E-state index in [1.165, 1.54) is 33.5 Å². The van der Waals surface area contributed by atoms with Gasteiger partial charge in [0, 0.05) is 5.56 Å². The third kappa shape index (κ3) is 5.40. The summed E-state index contributed by atoms with van der Waals surface area (Å²) in [6, 6.07) is 14.9. The van der Waals surface area contributed by atoms with Crippen molar-refractivity contribution in [1.82, 2.24) is 0 Å². The maximum atomic E-state index is 13.5. The molecule has 1 aliphatic heterocycles. The highest BCUT2D eigenvalue weighted by Gasteiger charge is 2.48. The standard InChI is InChI=1S/C31H33NO8/c1-5-6-9-16-40-21-14-12-19(13-15-21)28(34)26-27(20-17-24(37-2)30(39-4)25(18-20)38-3)32(31(36)29(26)35)22-10-7-8-11-23(22)33/h7-8,10-15,17-18,27,33-34H,5-6,9,16H2,1-4H3/b28-26+. The lowest BCUT2D eigenvalue weighted by atomic mass is 9.94. The Morgan fingerprint density at radius 2 is 1.55 bits per heavy atom. The van der Waals surface area contributed by atoms with Crippen LogP contribution in [0.2, 0.25) is 0 Å². The minimum atomic E-state index is -1.12. The monoisotopic (exact) mass is 547 g/mol. The number of methoxy groups -OCH3 is 3. The van der Waals surface area contributed by atoms with Crippen LogP contribution in [0.4, 0.5) is 5.69 Å². The molecule has 1 unspecified atom stereocenters. The number of carbonyl (C=O) groups excluding carboxylic acids is 2. The van der Waals surface area contributed by atoms with E-state index in [4.69, 9.17) is 18.9 Å². The molecular formula is C31H33NO8. The number of aliphatic hydroxyl groups is 1. The van der Waals surface area contributed by atoms with Gasteiger partial charge < -0.3 is 29.2 Å². The van der Waals surface area contributed by atoms with Crippen LogP contribution in [0.15, 0.2) is 66.2 Å². The lowest BCUT2D eigenvalue weighted by molar-refractivity contribution is -0.132. The highest BCUT2D eigenvalue weighted by Crippen LogP contribution is 2.48. The van der Waals surface area contributed by atoms with Crippen molar-refractivity contribution in [2.45, 2.75) is 32.2 Å². The van der Waals surface area contributed by atoms with E-state index in [1.54, 1.807) is 48.5 Å². The number of Topliss-reactive ketones (excluding diaryl/α,β-unsaturated/α-hetero) is 1. The van der Waals surface area contributed by atoms with Crippen molar-refractivity contribution in [2.75, 3.05) is 32.8 Å². The molecule has 1 atom stereocenters. The van der Waals surface area contributed by atoms with Crippen LogP contribution in [-0.2, 0) is 9.59 Å². The first-order valence-corrected chi connectivity index (χ1v) is 13.0. The van der Waals surface area contributed by atoms with Crippen LogP contribution in [0.3, 0.4) is 0 Å². The van der Waals surface area contributed by atoms with E-state index in [1.807, 2.05) is 0 Å². The van der Waals surface area contributed by atoms with Crippen molar-refractivity contribution < 1.29 is 38.7 Å². The number of rotatable bonds is 11. The first-order valence-electron chi connectivity index (χ1n) is 13.0. The quantitative estimate of drug-likeness (QED) is 0.138. The summed E-state index contributed by atoms with van der Waals surface area (Å²) in [4.78, 5) is 28.1. The van der Waals surface area contributed by atoms with Gasteiger partial charge >= 0.3 is 0 Å². The van der Waals surface area contributed by atoms with E-state index in [-0.39, 0.29) is 22.8 Å². The zero-order valence-corrected chi connectivity index (χ0v) is 23.0. The van der Waals surface area contributed by atoms with Crippen LogP contribution in [0.25, 0.3) is 5.76 Å². The smallest absolute Gasteiger partial charge is 0.300 e. The van der Waals surface area contributed by atoms with Crippen molar-refractivity contribution in [1.29, 1.82) is 0 Å². The fourth-order valence-electron chi connectivity index (χ4n) is 4.73. The number of hydrogen-bond donors (Lipinski definition) is 2. The molecule has 9 nitrogen and oxygen atoms in total. The highest BCUT2D eigenvalue weighted by molar-refractivity contribution is 6.52. The number of anilines is 1. The maximum Gasteiger partial charge on any atom is 0.300 e. The van der Waals surface area contributed by atoms with E-state index in [0.717, 1.165) is 24.2 Å². The Bertz CT molecular complexity index is 1390. The molecule has 0 spiro atoms. The van der Waals surface area contributed by atoms with Crippen LogP contribution < -0.4 is 23.8 Å². The van der Waals surface area contributed by atoms with Gasteiger partial charge in [-0.25, -0.2) is 0 Å². The van der Waals surface area contributed by atoms with Gasteiger partial charge in [-0.3, -0.25) is 14.5 Å². The molecule has 0 aliphatic carbocycles. The van der Waals surface area contributed by atoms with Crippen LogP contribution in [0.5, 0.6) is 28.7 Å². The van der Waals surface area contributed by atoms with E-state index < -0.39 is 17.7 Å². The predicted molar refractivity (Wildman–Crippen MR) is 150 cm³/mol. The fourth-order valence-corrected chi connectivity index (χ4v) is 4.73. The third-order valence-corrected chi connectivity index (χ3v) is 6.73. The summed E-state index contributed by atoms with van der Waals surface area (Å²) in [6.07, 6.45) is 3.08. The number of amides is 1. The van der Waals surface area contributed by atoms with Gasteiger partial charge in [-0.15, -0.1) is 0 Å². The lowest BCUT2D eigenvalue weighted by Crippen LogP contribution is -2.29. The Balaban J connectivity index is 1.87. The first kappa shape index (κ1) is 28.4. The SMILES string of the molecule is CCCCCOc1ccc(/C(O)=C2\C(=O)C(=O)N(c3ccccc3O)C2c2cc(OC)c(OC)c(OC)c2)cc1. The van der Waals surface area contributed by atoms with Gasteiger partial charge in [-0.2, -0.15) is 0 Å². The van der Waals surface area contributed by atoms with E-state index in [0.29, 0.717) is 40.7 Å². The molecule has 0 aromatic heterocycles. The van der Waals surface area contributed by atoms with Gasteiger partial charge in [0.15, 0.2) is 11.5 Å². The highest BCUT2D eigenvalue weighted by atomic mass is 16.5. The number of aromatic hydroxyl groups is 1. The molecule has 40 heavy (non-hydrogen) atoms. The zero-order chi connectivity index (χ0) is 28.8. The fraction of sp³-hybridized carbons (Fsp3) is 0.290. The largest absolute Gasteiger partial charge is 0.507 e. The minimum Gasteiger partial charge on any atom is -0.507 e. The Labute approximate surface area is 233 Å². The first-order chi connectivity index (χ1) is 19.4. The van der Waals surface area contributed by atoms with Crippen LogP contribution in [0.1, 0.15) is 43.4 Å². The summed E-state index contributed by atoms with van der Waals surface area (Å²) in [5, 5.41) is 22.1. The Morgan fingerprint density at radius 3 is 2.12 bits per heavy atom. The molecular weight excluding hydrogens is 514 g/mol.